The predicted molar refractivity (Wildman–Crippen MR) is 84.6 cm³/mol. The van der Waals surface area contributed by atoms with E-state index >= 15 is 0 Å². The Hall–Kier alpha value is -2.57. The van der Waals surface area contributed by atoms with Crippen molar-refractivity contribution in [2.24, 2.45) is 11.0 Å². The molecule has 1 atom stereocenters. The van der Waals surface area contributed by atoms with Gasteiger partial charge in [0.15, 0.2) is 0 Å². The highest BCUT2D eigenvalue weighted by Crippen LogP contribution is 2.22. The van der Waals surface area contributed by atoms with Crippen molar-refractivity contribution >= 4 is 17.9 Å². The van der Waals surface area contributed by atoms with E-state index in [1.54, 1.807) is 6.92 Å². The highest BCUT2D eigenvalue weighted by Gasteiger charge is 2.33. The summed E-state index contributed by atoms with van der Waals surface area (Å²) in [6.45, 7) is 3.11. The quantitative estimate of drug-likeness (QED) is 0.660. The summed E-state index contributed by atoms with van der Waals surface area (Å²) in [7, 11) is 1.37. The van der Waals surface area contributed by atoms with Gasteiger partial charge in [0.05, 0.1) is 19.6 Å². The van der Waals surface area contributed by atoms with E-state index in [2.05, 4.69) is 10.5 Å². The number of amidine groups is 1. The highest BCUT2D eigenvalue weighted by molar-refractivity contribution is 5.91. The van der Waals surface area contributed by atoms with Crippen molar-refractivity contribution in [3.05, 3.63) is 35.9 Å². The van der Waals surface area contributed by atoms with Crippen LogP contribution in [0.15, 0.2) is 35.4 Å². The molecule has 23 heavy (non-hydrogen) atoms. The number of ether oxygens (including phenoxy) is 2. The molecule has 0 saturated carbocycles. The summed E-state index contributed by atoms with van der Waals surface area (Å²) in [6, 6.07) is 9.86. The molecule has 1 amide bonds. The summed E-state index contributed by atoms with van der Waals surface area (Å²) in [5.74, 6) is 0.0770. The lowest BCUT2D eigenvalue weighted by molar-refractivity contribution is -0.144. The molecule has 1 aliphatic heterocycles. The van der Waals surface area contributed by atoms with Crippen LogP contribution < -0.4 is 5.43 Å². The van der Waals surface area contributed by atoms with E-state index in [0.29, 0.717) is 25.3 Å². The van der Waals surface area contributed by atoms with Crippen LogP contribution in [0, 0.1) is 5.92 Å². The lowest BCUT2D eigenvalue weighted by Crippen LogP contribution is -2.29. The van der Waals surface area contributed by atoms with Crippen LogP contribution in [0.4, 0.5) is 4.79 Å². The van der Waals surface area contributed by atoms with Gasteiger partial charge in [-0.05, 0) is 12.5 Å². The summed E-state index contributed by atoms with van der Waals surface area (Å²) in [5, 5.41) is 4.10. The van der Waals surface area contributed by atoms with Gasteiger partial charge in [-0.15, -0.1) is 0 Å². The van der Waals surface area contributed by atoms with Crippen molar-refractivity contribution in [1.29, 1.82) is 0 Å². The molecule has 0 bridgehead atoms. The highest BCUT2D eigenvalue weighted by atomic mass is 16.5. The molecule has 1 N–H and O–H groups in total. The number of carbonyl (C=O) groups is 2. The second-order valence-electron chi connectivity index (χ2n) is 5.15. The molecular formula is C16H21N3O4. The van der Waals surface area contributed by atoms with Crippen LogP contribution in [0.1, 0.15) is 18.9 Å². The summed E-state index contributed by atoms with van der Waals surface area (Å²) in [5.41, 5.74) is 3.45. The summed E-state index contributed by atoms with van der Waals surface area (Å²) in [6.07, 6.45) is -0.187. The van der Waals surface area contributed by atoms with E-state index in [9.17, 15) is 9.59 Å². The van der Waals surface area contributed by atoms with Gasteiger partial charge >= 0.3 is 12.1 Å². The Balaban J connectivity index is 2.09. The minimum Gasteiger partial charge on any atom is -0.469 e. The second-order valence-corrected chi connectivity index (χ2v) is 5.15. The van der Waals surface area contributed by atoms with Crippen molar-refractivity contribution in [2.75, 3.05) is 20.3 Å². The van der Waals surface area contributed by atoms with Crippen molar-refractivity contribution in [3.63, 3.8) is 0 Å². The van der Waals surface area contributed by atoms with Crippen LogP contribution in [0.5, 0.6) is 0 Å². The first kappa shape index (κ1) is 16.8. The third-order valence-electron chi connectivity index (χ3n) is 3.54. The Morgan fingerprint density at radius 1 is 1.35 bits per heavy atom. The fourth-order valence-corrected chi connectivity index (χ4v) is 2.46. The maximum atomic E-state index is 11.8. The Kier molecular flexibility index (Phi) is 5.96. The van der Waals surface area contributed by atoms with Gasteiger partial charge in [-0.2, -0.15) is 5.10 Å². The fourth-order valence-electron chi connectivity index (χ4n) is 2.46. The number of methoxy groups -OCH3 is 1. The summed E-state index contributed by atoms with van der Waals surface area (Å²) >= 11 is 0. The van der Waals surface area contributed by atoms with E-state index in [1.165, 1.54) is 7.11 Å². The van der Waals surface area contributed by atoms with E-state index in [0.717, 1.165) is 5.56 Å². The number of hydrogen-bond acceptors (Lipinski definition) is 5. The lowest BCUT2D eigenvalue weighted by Gasteiger charge is -2.19. The van der Waals surface area contributed by atoms with Crippen molar-refractivity contribution in [2.45, 2.75) is 19.9 Å². The zero-order chi connectivity index (χ0) is 16.7. The number of carbonyl (C=O) groups excluding carboxylic acids is 2. The molecule has 0 aliphatic carbocycles. The molecule has 1 aliphatic rings. The monoisotopic (exact) mass is 319 g/mol. The van der Waals surface area contributed by atoms with Crippen LogP contribution >= 0.6 is 0 Å². The number of amides is 1. The largest absolute Gasteiger partial charge is 0.469 e. The van der Waals surface area contributed by atoms with Crippen molar-refractivity contribution in [1.82, 2.24) is 10.3 Å². The third kappa shape index (κ3) is 4.70. The number of hydrazone groups is 1. The molecule has 1 heterocycles. The minimum atomic E-state index is -0.610. The van der Waals surface area contributed by atoms with Gasteiger partial charge in [0.1, 0.15) is 5.84 Å². The molecule has 124 valence electrons. The zero-order valence-corrected chi connectivity index (χ0v) is 13.3. The molecule has 1 saturated heterocycles. The first-order valence-corrected chi connectivity index (χ1v) is 7.50. The topological polar surface area (TPSA) is 80.2 Å². The van der Waals surface area contributed by atoms with E-state index < -0.39 is 6.09 Å². The first-order chi connectivity index (χ1) is 11.1. The standard InChI is InChI=1S/C16H21N3O4/c1-3-23-16(21)18-17-14-9-13(15(20)22-2)11-19(14)10-12-7-5-4-6-8-12/h4-8,13H,3,9-11H2,1-2H3,(H,18,21)/b17-14+/t13-/m0/s1. The number of hydrogen-bond donors (Lipinski definition) is 1. The van der Waals surface area contributed by atoms with Gasteiger partial charge in [0.25, 0.3) is 0 Å². The number of benzene rings is 1. The molecule has 7 heteroatoms. The molecule has 0 unspecified atom stereocenters. The smallest absolute Gasteiger partial charge is 0.427 e. The second kappa shape index (κ2) is 8.17. The zero-order valence-electron chi connectivity index (χ0n) is 13.3. The molecule has 0 radical (unpaired) electrons. The SMILES string of the molecule is CCOC(=O)N/N=C1\C[C@H](C(=O)OC)CN1Cc1ccccc1. The number of nitrogens with zero attached hydrogens (tertiary/aromatic N) is 2. The molecule has 0 spiro atoms. The number of likely N-dealkylation sites (tertiary alicyclic amines) is 1. The van der Waals surface area contributed by atoms with Crippen molar-refractivity contribution < 1.29 is 19.1 Å². The van der Waals surface area contributed by atoms with Gasteiger partial charge in [-0.1, -0.05) is 30.3 Å². The van der Waals surface area contributed by atoms with E-state index in [1.807, 2.05) is 35.2 Å². The Morgan fingerprint density at radius 3 is 2.74 bits per heavy atom. The van der Waals surface area contributed by atoms with Gasteiger partial charge in [0, 0.05) is 19.5 Å². The van der Waals surface area contributed by atoms with Gasteiger partial charge < -0.3 is 14.4 Å². The van der Waals surface area contributed by atoms with Gasteiger partial charge in [0.2, 0.25) is 0 Å². The maximum absolute atomic E-state index is 11.8. The lowest BCUT2D eigenvalue weighted by atomic mass is 10.1. The van der Waals surface area contributed by atoms with Crippen LogP contribution in [0.25, 0.3) is 0 Å². The van der Waals surface area contributed by atoms with Gasteiger partial charge in [-0.3, -0.25) is 4.79 Å². The van der Waals surface area contributed by atoms with Gasteiger partial charge in [-0.25, -0.2) is 10.2 Å². The average Bonchev–Trinajstić information content (AvgIpc) is 2.96. The van der Waals surface area contributed by atoms with Crippen LogP contribution in [-0.2, 0) is 20.8 Å². The Bertz CT molecular complexity index is 574. The number of rotatable bonds is 5. The average molecular weight is 319 g/mol. The number of esters is 1. The Labute approximate surface area is 135 Å². The molecule has 1 aromatic carbocycles. The van der Waals surface area contributed by atoms with E-state index in [-0.39, 0.29) is 18.5 Å². The molecule has 7 nitrogen and oxygen atoms in total. The molecule has 0 aromatic heterocycles. The molecule has 1 aromatic rings. The van der Waals surface area contributed by atoms with Crippen LogP contribution in [-0.4, -0.2) is 43.1 Å². The molecular weight excluding hydrogens is 298 g/mol. The fraction of sp³-hybridized carbons (Fsp3) is 0.438. The van der Waals surface area contributed by atoms with Crippen LogP contribution in [0.2, 0.25) is 0 Å². The third-order valence-corrected chi connectivity index (χ3v) is 3.54. The summed E-state index contributed by atoms with van der Waals surface area (Å²) in [4.78, 5) is 25.1. The Morgan fingerprint density at radius 2 is 2.09 bits per heavy atom. The first-order valence-electron chi connectivity index (χ1n) is 7.50. The van der Waals surface area contributed by atoms with Crippen molar-refractivity contribution in [3.8, 4) is 0 Å². The normalized spacial score (nSPS) is 18.8. The maximum Gasteiger partial charge on any atom is 0.427 e. The predicted octanol–water partition coefficient (Wildman–Crippen LogP) is 1.74. The van der Waals surface area contributed by atoms with Crippen LogP contribution in [0.3, 0.4) is 0 Å². The molecule has 2 rings (SSSR count). The number of nitrogens with one attached hydrogen (secondary N) is 1. The van der Waals surface area contributed by atoms with E-state index in [4.69, 9.17) is 9.47 Å². The summed E-state index contributed by atoms with van der Waals surface area (Å²) < 4.78 is 9.60. The molecule has 1 fully saturated rings. The minimum absolute atomic E-state index is 0.273.